The van der Waals surface area contributed by atoms with Crippen molar-refractivity contribution in [3.05, 3.63) is 24.0 Å². The summed E-state index contributed by atoms with van der Waals surface area (Å²) in [4.78, 5) is 0. The van der Waals surface area contributed by atoms with Crippen molar-refractivity contribution in [3.8, 4) is 0 Å². The molecule has 2 heteroatoms. The van der Waals surface area contributed by atoms with Gasteiger partial charge in [0.25, 0.3) is 0 Å². The maximum absolute atomic E-state index is 3.56. The van der Waals surface area contributed by atoms with Crippen LogP contribution in [0.2, 0.25) is 0 Å². The molecule has 1 fully saturated rings. The monoisotopic (exact) mass is 208 g/mol. The highest BCUT2D eigenvalue weighted by atomic mass is 14.9. The lowest BCUT2D eigenvalue weighted by atomic mass is 9.93. The van der Waals surface area contributed by atoms with Crippen molar-refractivity contribution in [2.75, 3.05) is 13.6 Å². The second kappa shape index (κ2) is 7.38. The van der Waals surface area contributed by atoms with Crippen LogP contribution in [-0.2, 0) is 0 Å². The molecule has 1 aliphatic heterocycles. The van der Waals surface area contributed by atoms with E-state index in [2.05, 4.69) is 29.7 Å². The average Bonchev–Trinajstić information content (AvgIpc) is 2.22. The van der Waals surface area contributed by atoms with Gasteiger partial charge in [-0.05, 0) is 43.5 Å². The van der Waals surface area contributed by atoms with Crippen molar-refractivity contribution in [3.63, 3.8) is 0 Å². The van der Waals surface area contributed by atoms with Gasteiger partial charge in [-0.25, -0.2) is 0 Å². The van der Waals surface area contributed by atoms with Gasteiger partial charge in [0.15, 0.2) is 0 Å². The van der Waals surface area contributed by atoms with E-state index < -0.39 is 0 Å². The number of hydrogen-bond donors (Lipinski definition) is 2. The molecule has 0 radical (unpaired) electrons. The predicted octanol–water partition coefficient (Wildman–Crippen LogP) is 2.79. The molecule has 1 rings (SSSR count). The largest absolute Gasteiger partial charge is 0.394 e. The van der Waals surface area contributed by atoms with E-state index in [1.807, 2.05) is 13.2 Å². The van der Waals surface area contributed by atoms with Crippen LogP contribution in [0.5, 0.6) is 0 Å². The van der Waals surface area contributed by atoms with Crippen LogP contribution in [0.15, 0.2) is 24.0 Å². The van der Waals surface area contributed by atoms with Crippen molar-refractivity contribution >= 4 is 0 Å². The first-order valence-corrected chi connectivity index (χ1v) is 6.16. The fourth-order valence-electron chi connectivity index (χ4n) is 2.09. The minimum atomic E-state index is 0.729. The van der Waals surface area contributed by atoms with Crippen molar-refractivity contribution in [2.24, 2.45) is 5.92 Å². The maximum Gasteiger partial charge on any atom is 0.0144 e. The van der Waals surface area contributed by atoms with Crippen molar-refractivity contribution in [1.82, 2.24) is 10.6 Å². The van der Waals surface area contributed by atoms with E-state index in [1.165, 1.54) is 37.8 Å². The Kier molecular flexibility index (Phi) is 5.98. The highest BCUT2D eigenvalue weighted by Crippen LogP contribution is 2.22. The Balaban J connectivity index is 2.60. The zero-order valence-corrected chi connectivity index (χ0v) is 10.1. The molecular formula is C13H24N2. The smallest absolute Gasteiger partial charge is 0.0144 e. The molecule has 0 bridgehead atoms. The summed E-state index contributed by atoms with van der Waals surface area (Å²) in [6.07, 6.45) is 12.9. The van der Waals surface area contributed by atoms with Crippen LogP contribution in [0.1, 0.15) is 39.0 Å². The molecule has 2 nitrogen and oxygen atoms in total. The van der Waals surface area contributed by atoms with E-state index in [9.17, 15) is 0 Å². The fraction of sp³-hybridized carbons (Fsp3) is 0.692. The Morgan fingerprint density at radius 2 is 2.27 bits per heavy atom. The van der Waals surface area contributed by atoms with Gasteiger partial charge in [0.1, 0.15) is 0 Å². The van der Waals surface area contributed by atoms with Gasteiger partial charge in [0, 0.05) is 19.3 Å². The molecule has 0 aromatic carbocycles. The van der Waals surface area contributed by atoms with Crippen LogP contribution in [0, 0.1) is 5.92 Å². The predicted molar refractivity (Wildman–Crippen MR) is 66.5 cm³/mol. The summed E-state index contributed by atoms with van der Waals surface area (Å²) >= 11 is 0. The molecule has 1 heterocycles. The number of rotatable bonds is 3. The van der Waals surface area contributed by atoms with E-state index in [4.69, 9.17) is 0 Å². The average molecular weight is 208 g/mol. The summed E-state index contributed by atoms with van der Waals surface area (Å²) in [5, 5.41) is 6.58. The molecule has 0 saturated carbocycles. The third-order valence-electron chi connectivity index (χ3n) is 3.03. The normalized spacial score (nSPS) is 26.0. The minimum Gasteiger partial charge on any atom is -0.394 e. The molecule has 0 aliphatic carbocycles. The van der Waals surface area contributed by atoms with Gasteiger partial charge >= 0.3 is 0 Å². The van der Waals surface area contributed by atoms with E-state index >= 15 is 0 Å². The highest BCUT2D eigenvalue weighted by molar-refractivity contribution is 5.13. The van der Waals surface area contributed by atoms with Gasteiger partial charge in [-0.1, -0.05) is 19.8 Å². The third-order valence-corrected chi connectivity index (χ3v) is 3.03. The Labute approximate surface area is 93.8 Å². The van der Waals surface area contributed by atoms with Crippen LogP contribution in [-0.4, -0.2) is 13.6 Å². The van der Waals surface area contributed by atoms with Gasteiger partial charge in [-0.15, -0.1) is 0 Å². The zero-order valence-electron chi connectivity index (χ0n) is 10.1. The molecule has 2 N–H and O–H groups in total. The lowest BCUT2D eigenvalue weighted by Crippen LogP contribution is -2.23. The molecule has 1 unspecified atom stereocenters. The van der Waals surface area contributed by atoms with E-state index in [0.29, 0.717) is 0 Å². The standard InChI is InChI=1S/C13H24N2/c1-3-12-8-5-4-6-11-15-13(12)9-7-10-14-2/h7,9-10,12,14-15H,3-6,8,11H2,1-2H3/b10-7-,13-9+. The summed E-state index contributed by atoms with van der Waals surface area (Å²) in [5.74, 6) is 0.729. The maximum atomic E-state index is 3.56. The summed E-state index contributed by atoms with van der Waals surface area (Å²) in [7, 11) is 1.93. The number of allylic oxidation sites excluding steroid dienone is 3. The Morgan fingerprint density at radius 1 is 1.40 bits per heavy atom. The lowest BCUT2D eigenvalue weighted by molar-refractivity contribution is 0.441. The highest BCUT2D eigenvalue weighted by Gasteiger charge is 2.13. The summed E-state index contributed by atoms with van der Waals surface area (Å²) < 4.78 is 0. The molecule has 0 aromatic heterocycles. The molecule has 1 aliphatic rings. The molecule has 86 valence electrons. The quantitative estimate of drug-likeness (QED) is 0.745. The Morgan fingerprint density at radius 3 is 3.00 bits per heavy atom. The van der Waals surface area contributed by atoms with Gasteiger partial charge < -0.3 is 10.6 Å². The third kappa shape index (κ3) is 4.41. The lowest BCUT2D eigenvalue weighted by Gasteiger charge is -2.23. The van der Waals surface area contributed by atoms with Gasteiger partial charge in [-0.3, -0.25) is 0 Å². The van der Waals surface area contributed by atoms with Crippen LogP contribution >= 0.6 is 0 Å². The van der Waals surface area contributed by atoms with E-state index in [1.54, 1.807) is 0 Å². The molecular weight excluding hydrogens is 184 g/mol. The van der Waals surface area contributed by atoms with Crippen LogP contribution < -0.4 is 10.6 Å². The first kappa shape index (κ1) is 12.2. The van der Waals surface area contributed by atoms with Crippen molar-refractivity contribution in [1.29, 1.82) is 0 Å². The molecule has 1 atom stereocenters. The second-order valence-corrected chi connectivity index (χ2v) is 4.15. The number of hydrogen-bond acceptors (Lipinski definition) is 2. The van der Waals surface area contributed by atoms with E-state index in [0.717, 1.165) is 12.5 Å². The number of nitrogens with one attached hydrogen (secondary N) is 2. The van der Waals surface area contributed by atoms with Crippen molar-refractivity contribution < 1.29 is 0 Å². The van der Waals surface area contributed by atoms with E-state index in [-0.39, 0.29) is 0 Å². The topological polar surface area (TPSA) is 24.1 Å². The summed E-state index contributed by atoms with van der Waals surface area (Å²) in [6, 6.07) is 0. The molecule has 15 heavy (non-hydrogen) atoms. The van der Waals surface area contributed by atoms with Gasteiger partial charge in [0.05, 0.1) is 0 Å². The van der Waals surface area contributed by atoms with Gasteiger partial charge in [0.2, 0.25) is 0 Å². The first-order chi connectivity index (χ1) is 7.38. The molecule has 0 amide bonds. The van der Waals surface area contributed by atoms with Crippen LogP contribution in [0.4, 0.5) is 0 Å². The van der Waals surface area contributed by atoms with Crippen LogP contribution in [0.3, 0.4) is 0 Å². The molecule has 1 saturated heterocycles. The SMILES string of the molecule is CCC1CCCCCN/C1=C/C=C\NC. The zero-order chi connectivity index (χ0) is 10.9. The molecule has 0 spiro atoms. The minimum absolute atomic E-state index is 0.729. The summed E-state index contributed by atoms with van der Waals surface area (Å²) in [5.41, 5.74) is 1.42. The van der Waals surface area contributed by atoms with Gasteiger partial charge in [-0.2, -0.15) is 0 Å². The summed E-state index contributed by atoms with van der Waals surface area (Å²) in [6.45, 7) is 3.42. The fourth-order valence-corrected chi connectivity index (χ4v) is 2.09. The Bertz CT molecular complexity index is 219. The first-order valence-electron chi connectivity index (χ1n) is 6.16. The second-order valence-electron chi connectivity index (χ2n) is 4.15. The Hall–Kier alpha value is -0.920. The van der Waals surface area contributed by atoms with Crippen molar-refractivity contribution in [2.45, 2.75) is 39.0 Å². The molecule has 0 aromatic rings. The van der Waals surface area contributed by atoms with Crippen LogP contribution in [0.25, 0.3) is 0 Å².